The molecule has 0 rings (SSSR count). The molecule has 0 spiro atoms. The number of phosphoric acid groups is 1. The quantitative estimate of drug-likeness (QED) is 0.0272. The Morgan fingerprint density at radius 1 is 0.515 bits per heavy atom. The Morgan fingerprint density at radius 3 is 1.31 bits per heavy atom. The molecule has 0 heterocycles. The van der Waals surface area contributed by atoms with Gasteiger partial charge in [-0.3, -0.25) is 9.36 Å². The van der Waals surface area contributed by atoms with E-state index in [1.165, 1.54) is 205 Å². The van der Waals surface area contributed by atoms with E-state index in [1.54, 1.807) is 6.08 Å². The zero-order valence-corrected chi connectivity index (χ0v) is 46.5. The van der Waals surface area contributed by atoms with E-state index in [-0.39, 0.29) is 12.5 Å². The second-order valence-corrected chi connectivity index (χ2v) is 22.4. The highest BCUT2D eigenvalue weighted by molar-refractivity contribution is 7.45. The third-order valence-corrected chi connectivity index (χ3v) is 14.0. The molecule has 0 saturated carbocycles. The fourth-order valence-electron chi connectivity index (χ4n) is 8.44. The van der Waals surface area contributed by atoms with Gasteiger partial charge < -0.3 is 28.8 Å². The van der Waals surface area contributed by atoms with Crippen molar-refractivity contribution in [3.05, 3.63) is 48.6 Å². The van der Waals surface area contributed by atoms with Crippen LogP contribution in [-0.2, 0) is 18.4 Å². The molecular formula is C59H113N2O6P. The zero-order chi connectivity index (χ0) is 49.9. The number of carbonyl (C=O) groups excluding carboxylic acids is 1. The summed E-state index contributed by atoms with van der Waals surface area (Å²) < 4.78 is 23.2. The van der Waals surface area contributed by atoms with Gasteiger partial charge in [0, 0.05) is 6.42 Å². The van der Waals surface area contributed by atoms with Crippen LogP contribution >= 0.6 is 7.82 Å². The number of nitrogens with one attached hydrogen (secondary N) is 1. The van der Waals surface area contributed by atoms with Crippen molar-refractivity contribution in [2.75, 3.05) is 40.9 Å². The van der Waals surface area contributed by atoms with Crippen molar-refractivity contribution < 1.29 is 32.9 Å². The van der Waals surface area contributed by atoms with Crippen molar-refractivity contribution in [1.29, 1.82) is 0 Å². The molecule has 0 fully saturated rings. The monoisotopic (exact) mass is 977 g/mol. The molecule has 68 heavy (non-hydrogen) atoms. The fraction of sp³-hybridized carbons (Fsp3) is 0.847. The van der Waals surface area contributed by atoms with E-state index in [2.05, 4.69) is 55.6 Å². The Hall–Kier alpha value is -1.54. The van der Waals surface area contributed by atoms with Crippen LogP contribution in [0.1, 0.15) is 271 Å². The van der Waals surface area contributed by atoms with Crippen LogP contribution in [0.15, 0.2) is 48.6 Å². The first-order valence-corrected chi connectivity index (χ1v) is 30.5. The third-order valence-electron chi connectivity index (χ3n) is 13.0. The number of amides is 1. The normalized spacial score (nSPS) is 14.3. The van der Waals surface area contributed by atoms with Gasteiger partial charge in [0.1, 0.15) is 13.2 Å². The average molecular weight is 978 g/mol. The number of rotatable bonds is 53. The summed E-state index contributed by atoms with van der Waals surface area (Å²) in [6.45, 7) is 4.57. The van der Waals surface area contributed by atoms with Crippen LogP contribution in [0.2, 0.25) is 0 Å². The second kappa shape index (κ2) is 50.4. The molecule has 0 aliphatic rings. The molecule has 400 valence electrons. The summed E-state index contributed by atoms with van der Waals surface area (Å²) in [5.41, 5.74) is 0. The van der Waals surface area contributed by atoms with E-state index in [4.69, 9.17) is 9.05 Å². The average Bonchev–Trinajstić information content (AvgIpc) is 3.30. The molecule has 0 aromatic carbocycles. The first-order chi connectivity index (χ1) is 33.0. The van der Waals surface area contributed by atoms with Crippen LogP contribution < -0.4 is 10.2 Å². The molecule has 0 saturated heterocycles. The Bertz CT molecular complexity index is 1250. The van der Waals surface area contributed by atoms with Crippen molar-refractivity contribution in [1.82, 2.24) is 5.32 Å². The van der Waals surface area contributed by atoms with Crippen molar-refractivity contribution in [2.24, 2.45) is 0 Å². The highest BCUT2D eigenvalue weighted by Crippen LogP contribution is 2.38. The first-order valence-electron chi connectivity index (χ1n) is 29.0. The van der Waals surface area contributed by atoms with Gasteiger partial charge in [0.05, 0.1) is 39.9 Å². The maximum absolute atomic E-state index is 12.9. The second-order valence-electron chi connectivity index (χ2n) is 21.0. The van der Waals surface area contributed by atoms with Gasteiger partial charge in [-0.05, 0) is 64.2 Å². The van der Waals surface area contributed by atoms with Crippen molar-refractivity contribution >= 4 is 13.7 Å². The molecule has 3 atom stereocenters. The number of nitrogens with zero attached hydrogens (tertiary/aromatic N) is 1. The van der Waals surface area contributed by atoms with Crippen LogP contribution in [0, 0.1) is 0 Å². The highest BCUT2D eigenvalue weighted by Gasteiger charge is 2.23. The summed E-state index contributed by atoms with van der Waals surface area (Å²) in [6, 6.07) is -0.900. The SMILES string of the molecule is CCCCC/C=C/CC/C=C/C(O)C(COP(=O)([O-])OCC[N+](C)(C)C)NC(=O)CCCCCCCCCCCCCCCCCCCCCCCCCCC/C=C\C/C=C\CCCCCCC. The molecule has 9 heteroatoms. The smallest absolute Gasteiger partial charge is 0.268 e. The number of carbonyl (C=O) groups is 1. The predicted molar refractivity (Wildman–Crippen MR) is 293 cm³/mol. The maximum Gasteiger partial charge on any atom is 0.268 e. The summed E-state index contributed by atoms with van der Waals surface area (Å²) in [5.74, 6) is -0.207. The minimum absolute atomic E-state index is 0.00586. The minimum atomic E-state index is -4.59. The number of likely N-dealkylation sites (N-methyl/N-ethyl adjacent to an activating group) is 1. The lowest BCUT2D eigenvalue weighted by Crippen LogP contribution is -2.45. The molecule has 0 aromatic rings. The standard InChI is InChI=1S/C59H113N2O6P/c1-6-8-10-12-14-16-17-18-19-20-21-22-23-24-25-26-27-28-29-30-31-32-33-34-35-36-37-38-39-40-41-42-43-45-47-49-51-53-59(63)60-57(56-67-68(64,65)66-55-54-61(3,4)5)58(62)52-50-48-46-44-15-13-11-9-7-2/h15,17-18,20-21,44,50,52,57-58,62H,6-14,16,19,22-43,45-49,51,53-56H2,1-5H3,(H-,60,63,64,65)/b18-17-,21-20-,44-15+,52-50+. The van der Waals surface area contributed by atoms with Crippen LogP contribution in [0.5, 0.6) is 0 Å². The lowest BCUT2D eigenvalue weighted by atomic mass is 10.0. The topological polar surface area (TPSA) is 108 Å². The Labute approximate surface area is 422 Å². The number of quaternary nitrogens is 1. The van der Waals surface area contributed by atoms with Gasteiger partial charge in [0.25, 0.3) is 7.82 Å². The van der Waals surface area contributed by atoms with Crippen molar-refractivity contribution in [3.8, 4) is 0 Å². The molecule has 0 aliphatic carbocycles. The first kappa shape index (κ1) is 66.5. The fourth-order valence-corrected chi connectivity index (χ4v) is 9.16. The van der Waals surface area contributed by atoms with Crippen LogP contribution in [0.3, 0.4) is 0 Å². The van der Waals surface area contributed by atoms with Gasteiger partial charge in [-0.1, -0.05) is 249 Å². The van der Waals surface area contributed by atoms with E-state index < -0.39 is 26.6 Å². The Balaban J connectivity index is 3.83. The van der Waals surface area contributed by atoms with Gasteiger partial charge in [0.2, 0.25) is 5.91 Å². The number of hydrogen-bond donors (Lipinski definition) is 2. The predicted octanol–water partition coefficient (Wildman–Crippen LogP) is 16.9. The van der Waals surface area contributed by atoms with Crippen molar-refractivity contribution in [2.45, 2.75) is 283 Å². The largest absolute Gasteiger partial charge is 0.756 e. The van der Waals surface area contributed by atoms with Gasteiger partial charge in [-0.15, -0.1) is 0 Å². The molecule has 0 aliphatic heterocycles. The van der Waals surface area contributed by atoms with Crippen LogP contribution in [0.25, 0.3) is 0 Å². The summed E-state index contributed by atoms with van der Waals surface area (Å²) in [5, 5.41) is 13.7. The Morgan fingerprint density at radius 2 is 0.868 bits per heavy atom. The lowest BCUT2D eigenvalue weighted by Gasteiger charge is -2.29. The molecule has 0 radical (unpaired) electrons. The number of phosphoric ester groups is 1. The van der Waals surface area contributed by atoms with Crippen LogP contribution in [0.4, 0.5) is 0 Å². The van der Waals surface area contributed by atoms with E-state index in [9.17, 15) is 19.4 Å². The molecular weight excluding hydrogens is 864 g/mol. The molecule has 3 unspecified atom stereocenters. The van der Waals surface area contributed by atoms with E-state index in [1.807, 2.05) is 27.2 Å². The summed E-state index contributed by atoms with van der Waals surface area (Å²) >= 11 is 0. The van der Waals surface area contributed by atoms with E-state index in [0.29, 0.717) is 17.4 Å². The summed E-state index contributed by atoms with van der Waals surface area (Å²) in [4.78, 5) is 25.3. The minimum Gasteiger partial charge on any atom is -0.756 e. The lowest BCUT2D eigenvalue weighted by molar-refractivity contribution is -0.870. The zero-order valence-electron chi connectivity index (χ0n) is 45.6. The van der Waals surface area contributed by atoms with E-state index >= 15 is 0 Å². The highest BCUT2D eigenvalue weighted by atomic mass is 31.2. The Kier molecular flexibility index (Phi) is 49.3. The van der Waals surface area contributed by atoms with Gasteiger partial charge in [0.15, 0.2) is 0 Å². The molecule has 8 nitrogen and oxygen atoms in total. The number of aliphatic hydroxyl groups is 1. The number of aliphatic hydroxyl groups excluding tert-OH is 1. The molecule has 1 amide bonds. The number of hydrogen-bond acceptors (Lipinski definition) is 6. The molecule has 0 aromatic heterocycles. The van der Waals surface area contributed by atoms with Gasteiger partial charge in [-0.2, -0.15) is 0 Å². The summed E-state index contributed by atoms with van der Waals surface area (Å²) in [7, 11) is 1.25. The number of unbranched alkanes of at least 4 members (excludes halogenated alkanes) is 34. The van der Waals surface area contributed by atoms with E-state index in [0.717, 1.165) is 44.9 Å². The van der Waals surface area contributed by atoms with Crippen molar-refractivity contribution in [3.63, 3.8) is 0 Å². The van der Waals surface area contributed by atoms with Gasteiger partial charge in [-0.25, -0.2) is 0 Å². The number of allylic oxidation sites excluding steroid dienone is 7. The van der Waals surface area contributed by atoms with Crippen LogP contribution in [-0.4, -0.2) is 68.5 Å². The summed E-state index contributed by atoms with van der Waals surface area (Å²) in [6.07, 6.45) is 66.7. The molecule has 0 bridgehead atoms. The van der Waals surface area contributed by atoms with Gasteiger partial charge >= 0.3 is 0 Å². The maximum atomic E-state index is 12.9. The third kappa shape index (κ3) is 52.3. The molecule has 2 N–H and O–H groups in total.